The van der Waals surface area contributed by atoms with Crippen molar-refractivity contribution >= 4 is 46.6 Å². The third-order valence-electron chi connectivity index (χ3n) is 4.55. The predicted molar refractivity (Wildman–Crippen MR) is 116 cm³/mol. The molecule has 0 unspecified atom stereocenters. The minimum atomic E-state index is -0.323. The molecule has 29 heavy (non-hydrogen) atoms. The minimum absolute atomic E-state index is 0.0117. The van der Waals surface area contributed by atoms with Gasteiger partial charge < -0.3 is 4.74 Å². The van der Waals surface area contributed by atoms with Gasteiger partial charge in [0.15, 0.2) is 0 Å². The summed E-state index contributed by atoms with van der Waals surface area (Å²) in [4.78, 5) is 14.3. The number of rotatable bonds is 5. The van der Waals surface area contributed by atoms with E-state index in [9.17, 15) is 9.18 Å². The summed E-state index contributed by atoms with van der Waals surface area (Å²) in [5.41, 5.74) is 1.96. The molecular formula is C22H16Cl2FNO2S. The van der Waals surface area contributed by atoms with Crippen LogP contribution < -0.4 is 9.64 Å². The van der Waals surface area contributed by atoms with E-state index in [-0.39, 0.29) is 23.7 Å². The van der Waals surface area contributed by atoms with Gasteiger partial charge in [-0.3, -0.25) is 9.69 Å². The number of ether oxygens (including phenoxy) is 1. The normalized spacial score (nSPS) is 16.3. The maximum absolute atomic E-state index is 14.0. The van der Waals surface area contributed by atoms with Gasteiger partial charge in [-0.05, 0) is 48.5 Å². The van der Waals surface area contributed by atoms with Gasteiger partial charge in [0.05, 0.1) is 5.75 Å². The van der Waals surface area contributed by atoms with Gasteiger partial charge in [-0.15, -0.1) is 11.8 Å². The molecule has 0 aliphatic carbocycles. The topological polar surface area (TPSA) is 29.5 Å². The molecule has 0 radical (unpaired) electrons. The van der Waals surface area contributed by atoms with E-state index in [4.69, 9.17) is 27.9 Å². The first-order valence-corrected chi connectivity index (χ1v) is 10.7. The van der Waals surface area contributed by atoms with Gasteiger partial charge in [-0.2, -0.15) is 0 Å². The van der Waals surface area contributed by atoms with Crippen molar-refractivity contribution < 1.29 is 13.9 Å². The van der Waals surface area contributed by atoms with Crippen LogP contribution in [-0.4, -0.2) is 11.7 Å². The highest BCUT2D eigenvalue weighted by atomic mass is 35.5. The van der Waals surface area contributed by atoms with Crippen molar-refractivity contribution in [1.29, 1.82) is 0 Å². The first kappa shape index (κ1) is 20.1. The Morgan fingerprint density at radius 1 is 1.03 bits per heavy atom. The Bertz CT molecular complexity index is 1050. The minimum Gasteiger partial charge on any atom is -0.488 e. The number of thioether (sulfide) groups is 1. The van der Waals surface area contributed by atoms with E-state index in [1.54, 1.807) is 53.4 Å². The van der Waals surface area contributed by atoms with Gasteiger partial charge in [0, 0.05) is 26.9 Å². The van der Waals surface area contributed by atoms with Gasteiger partial charge in [0.25, 0.3) is 0 Å². The summed E-state index contributed by atoms with van der Waals surface area (Å²) in [5.74, 6) is 0.564. The second kappa shape index (κ2) is 8.66. The molecule has 3 aromatic carbocycles. The van der Waals surface area contributed by atoms with Crippen LogP contribution in [0.1, 0.15) is 16.5 Å². The van der Waals surface area contributed by atoms with Gasteiger partial charge in [-0.1, -0.05) is 41.4 Å². The fourth-order valence-electron chi connectivity index (χ4n) is 3.15. The van der Waals surface area contributed by atoms with Gasteiger partial charge >= 0.3 is 0 Å². The van der Waals surface area contributed by atoms with Gasteiger partial charge in [-0.25, -0.2) is 4.39 Å². The van der Waals surface area contributed by atoms with Crippen molar-refractivity contribution in [3.05, 3.63) is 93.7 Å². The number of hydrogen-bond donors (Lipinski definition) is 0. The lowest BCUT2D eigenvalue weighted by Gasteiger charge is -2.26. The van der Waals surface area contributed by atoms with Crippen LogP contribution in [0.3, 0.4) is 0 Å². The first-order valence-electron chi connectivity index (χ1n) is 8.88. The van der Waals surface area contributed by atoms with E-state index >= 15 is 0 Å². The number of anilines is 1. The lowest BCUT2D eigenvalue weighted by atomic mass is 10.1. The summed E-state index contributed by atoms with van der Waals surface area (Å²) in [6, 6.07) is 18.8. The standard InChI is InChI=1S/C22H16Cl2FNO2S/c23-15-5-8-17(9-6-15)26-21(27)13-29-22(26)18-11-16(24)7-10-20(18)28-12-14-3-1-2-4-19(14)25/h1-11,22H,12-13H2/t22-/m0/s1. The molecule has 1 fully saturated rings. The molecule has 1 aliphatic heterocycles. The number of benzene rings is 3. The molecule has 0 aromatic heterocycles. The van der Waals surface area contributed by atoms with Crippen LogP contribution in [0.4, 0.5) is 10.1 Å². The fraction of sp³-hybridized carbons (Fsp3) is 0.136. The van der Waals surface area contributed by atoms with Crippen LogP contribution >= 0.6 is 35.0 Å². The zero-order valence-corrected chi connectivity index (χ0v) is 17.5. The van der Waals surface area contributed by atoms with E-state index in [2.05, 4.69) is 0 Å². The van der Waals surface area contributed by atoms with Crippen LogP contribution in [0.5, 0.6) is 5.75 Å². The molecule has 1 saturated heterocycles. The van der Waals surface area contributed by atoms with Crippen molar-refractivity contribution in [2.45, 2.75) is 12.0 Å². The van der Waals surface area contributed by atoms with Crippen LogP contribution in [0.2, 0.25) is 10.0 Å². The first-order chi connectivity index (χ1) is 14.0. The Morgan fingerprint density at radius 3 is 2.52 bits per heavy atom. The smallest absolute Gasteiger partial charge is 0.238 e. The Hall–Kier alpha value is -2.21. The van der Waals surface area contributed by atoms with E-state index in [0.29, 0.717) is 27.1 Å². The lowest BCUT2D eigenvalue weighted by Crippen LogP contribution is -2.28. The fourth-order valence-corrected chi connectivity index (χ4v) is 4.65. The molecule has 7 heteroatoms. The molecule has 0 spiro atoms. The van der Waals surface area contributed by atoms with Gasteiger partial charge in [0.2, 0.25) is 5.91 Å². The largest absolute Gasteiger partial charge is 0.488 e. The predicted octanol–water partition coefficient (Wildman–Crippen LogP) is 6.49. The van der Waals surface area contributed by atoms with Crippen molar-refractivity contribution in [3.8, 4) is 5.75 Å². The molecule has 1 heterocycles. The quantitative estimate of drug-likeness (QED) is 0.447. The second-order valence-corrected chi connectivity index (χ2v) is 8.41. The maximum atomic E-state index is 14.0. The molecule has 3 aromatic rings. The molecule has 1 amide bonds. The molecule has 0 bridgehead atoms. The molecule has 0 saturated carbocycles. The second-order valence-electron chi connectivity index (χ2n) is 6.47. The average molecular weight is 448 g/mol. The molecule has 1 atom stereocenters. The summed E-state index contributed by atoms with van der Waals surface area (Å²) in [6.45, 7) is 0.0770. The van der Waals surface area contributed by atoms with E-state index in [0.717, 1.165) is 11.3 Å². The van der Waals surface area contributed by atoms with E-state index in [1.807, 2.05) is 12.1 Å². The Balaban J connectivity index is 1.66. The summed E-state index contributed by atoms with van der Waals surface area (Å²) in [6.07, 6.45) is 0. The van der Waals surface area contributed by atoms with Crippen LogP contribution in [0, 0.1) is 5.82 Å². The Kier molecular flexibility index (Phi) is 5.99. The molecule has 1 aliphatic rings. The van der Waals surface area contributed by atoms with Gasteiger partial charge in [0.1, 0.15) is 23.5 Å². The summed E-state index contributed by atoms with van der Waals surface area (Å²) < 4.78 is 19.9. The molecule has 4 rings (SSSR count). The Labute approximate surface area is 182 Å². The average Bonchev–Trinajstić information content (AvgIpc) is 3.10. The summed E-state index contributed by atoms with van der Waals surface area (Å²) in [7, 11) is 0. The van der Waals surface area contributed by atoms with Crippen LogP contribution in [0.15, 0.2) is 66.7 Å². The van der Waals surface area contributed by atoms with E-state index < -0.39 is 0 Å². The number of nitrogens with zero attached hydrogens (tertiary/aromatic N) is 1. The SMILES string of the molecule is O=C1CS[C@@H](c2cc(Cl)ccc2OCc2ccccc2F)N1c1ccc(Cl)cc1. The van der Waals surface area contributed by atoms with Crippen LogP contribution in [-0.2, 0) is 11.4 Å². The molecule has 0 N–H and O–H groups in total. The number of halogens is 3. The number of amides is 1. The van der Waals surface area contributed by atoms with E-state index in [1.165, 1.54) is 17.8 Å². The zero-order chi connectivity index (χ0) is 20.4. The summed E-state index contributed by atoms with van der Waals surface area (Å²) >= 11 is 13.7. The van der Waals surface area contributed by atoms with Crippen molar-refractivity contribution in [3.63, 3.8) is 0 Å². The highest BCUT2D eigenvalue weighted by Crippen LogP contribution is 2.45. The van der Waals surface area contributed by atoms with Crippen molar-refractivity contribution in [2.24, 2.45) is 0 Å². The van der Waals surface area contributed by atoms with Crippen molar-refractivity contribution in [2.75, 3.05) is 10.7 Å². The molecule has 3 nitrogen and oxygen atoms in total. The monoisotopic (exact) mass is 447 g/mol. The molecular weight excluding hydrogens is 432 g/mol. The Morgan fingerprint density at radius 2 is 1.76 bits per heavy atom. The highest BCUT2D eigenvalue weighted by Gasteiger charge is 2.36. The number of carbonyl (C=O) groups excluding carboxylic acids is 1. The third-order valence-corrected chi connectivity index (χ3v) is 6.23. The van der Waals surface area contributed by atoms with Crippen molar-refractivity contribution in [1.82, 2.24) is 0 Å². The van der Waals surface area contributed by atoms with Crippen LogP contribution in [0.25, 0.3) is 0 Å². The molecule has 148 valence electrons. The highest BCUT2D eigenvalue weighted by molar-refractivity contribution is 8.00. The zero-order valence-electron chi connectivity index (χ0n) is 15.1. The lowest BCUT2D eigenvalue weighted by molar-refractivity contribution is -0.115. The number of carbonyl (C=O) groups is 1. The third kappa shape index (κ3) is 4.37. The number of hydrogen-bond acceptors (Lipinski definition) is 3. The maximum Gasteiger partial charge on any atom is 0.238 e. The summed E-state index contributed by atoms with van der Waals surface area (Å²) in [5, 5.41) is 0.827.